The Morgan fingerprint density at radius 2 is 1.48 bits per heavy atom. The first-order chi connectivity index (χ1) is 16.0. The fourth-order valence-corrected chi connectivity index (χ4v) is 4.45. The minimum Gasteiger partial charge on any atom is -0.423 e. The molecule has 0 unspecified atom stereocenters. The van der Waals surface area contributed by atoms with Crippen molar-refractivity contribution < 1.29 is 14.0 Å². The molecule has 2 heterocycles. The number of hydrogen-bond donors (Lipinski definition) is 1. The monoisotopic (exact) mass is 438 g/mol. The summed E-state index contributed by atoms with van der Waals surface area (Å²) < 4.78 is 5.38. The maximum Gasteiger partial charge on any atom is 0.336 e. The van der Waals surface area contributed by atoms with Crippen LogP contribution < -0.4 is 10.9 Å². The molecule has 3 aromatic carbocycles. The molecule has 0 radical (unpaired) electrons. The summed E-state index contributed by atoms with van der Waals surface area (Å²) in [6.45, 7) is 1.97. The molecule has 6 heteroatoms. The lowest BCUT2D eigenvalue weighted by Crippen LogP contribution is -2.45. The molecule has 164 valence electrons. The lowest BCUT2D eigenvalue weighted by atomic mass is 9.82. The summed E-state index contributed by atoms with van der Waals surface area (Å²) in [5.74, 6) is -0.392. The van der Waals surface area contributed by atoms with Crippen molar-refractivity contribution in [3.63, 3.8) is 0 Å². The highest BCUT2D eigenvalue weighted by Gasteiger charge is 2.53. The van der Waals surface area contributed by atoms with Crippen LogP contribution >= 0.6 is 0 Å². The molecule has 1 aromatic heterocycles. The van der Waals surface area contributed by atoms with Crippen molar-refractivity contribution in [2.75, 3.05) is 0 Å². The Hall–Kier alpha value is -4.19. The van der Waals surface area contributed by atoms with Crippen LogP contribution in [0.15, 0.2) is 94.1 Å². The summed E-state index contributed by atoms with van der Waals surface area (Å²) in [6.07, 6.45) is 0.799. The molecule has 0 bridgehead atoms. The van der Waals surface area contributed by atoms with Gasteiger partial charge in [-0.2, -0.15) is 0 Å². The summed E-state index contributed by atoms with van der Waals surface area (Å²) in [6, 6.07) is 24.9. The van der Waals surface area contributed by atoms with Crippen LogP contribution in [0, 0.1) is 0 Å². The Labute approximate surface area is 190 Å². The molecular formula is C27H22N2O4. The first kappa shape index (κ1) is 20.7. The number of imide groups is 1. The largest absolute Gasteiger partial charge is 0.423 e. The Kier molecular flexibility index (Phi) is 5.05. The van der Waals surface area contributed by atoms with Gasteiger partial charge in [0.25, 0.3) is 5.91 Å². The molecule has 1 N–H and O–H groups in total. The molecule has 1 aliphatic heterocycles. The fraction of sp³-hybridized carbons (Fsp3) is 0.148. The zero-order chi connectivity index (χ0) is 23.0. The normalized spacial score (nSPS) is 15.1. The zero-order valence-electron chi connectivity index (χ0n) is 18.1. The van der Waals surface area contributed by atoms with Crippen LogP contribution in [0.3, 0.4) is 0 Å². The second kappa shape index (κ2) is 8.06. The first-order valence-corrected chi connectivity index (χ1v) is 10.8. The molecule has 6 nitrogen and oxygen atoms in total. The second-order valence-electron chi connectivity index (χ2n) is 8.08. The number of urea groups is 1. The van der Waals surface area contributed by atoms with Gasteiger partial charge in [-0.3, -0.25) is 9.69 Å². The maximum atomic E-state index is 13.9. The van der Waals surface area contributed by atoms with E-state index in [1.165, 1.54) is 11.0 Å². The minimum absolute atomic E-state index is 0.0420. The fourth-order valence-electron chi connectivity index (χ4n) is 4.45. The van der Waals surface area contributed by atoms with Crippen molar-refractivity contribution >= 4 is 22.9 Å². The maximum absolute atomic E-state index is 13.9. The van der Waals surface area contributed by atoms with Crippen LogP contribution in [0.2, 0.25) is 0 Å². The van der Waals surface area contributed by atoms with Gasteiger partial charge in [-0.1, -0.05) is 79.7 Å². The predicted octanol–water partition coefficient (Wildman–Crippen LogP) is 4.35. The van der Waals surface area contributed by atoms with E-state index >= 15 is 0 Å². The lowest BCUT2D eigenvalue weighted by Gasteiger charge is -2.28. The third-order valence-corrected chi connectivity index (χ3v) is 6.15. The number of nitrogens with one attached hydrogen (secondary N) is 1. The molecule has 0 saturated carbocycles. The SMILES string of the molecule is CCc1ccc2c(CN3C(=O)NC(c4ccccc4)(c4ccccc4)C3=O)cc(=O)oc2c1. The van der Waals surface area contributed by atoms with Gasteiger partial charge in [0.05, 0.1) is 6.54 Å². The van der Waals surface area contributed by atoms with E-state index in [-0.39, 0.29) is 6.54 Å². The highest BCUT2D eigenvalue weighted by atomic mass is 16.4. The van der Waals surface area contributed by atoms with Gasteiger partial charge < -0.3 is 9.73 Å². The van der Waals surface area contributed by atoms with E-state index in [4.69, 9.17) is 4.42 Å². The van der Waals surface area contributed by atoms with Crippen molar-refractivity contribution in [2.45, 2.75) is 25.4 Å². The highest BCUT2D eigenvalue weighted by molar-refractivity contribution is 6.09. The van der Waals surface area contributed by atoms with Gasteiger partial charge in [-0.25, -0.2) is 9.59 Å². The Bertz CT molecular complexity index is 1370. The summed E-state index contributed by atoms with van der Waals surface area (Å²) in [5, 5.41) is 3.64. The van der Waals surface area contributed by atoms with Crippen molar-refractivity contribution in [3.8, 4) is 0 Å². The van der Waals surface area contributed by atoms with E-state index in [1.54, 1.807) is 0 Å². The lowest BCUT2D eigenvalue weighted by molar-refractivity contribution is -0.130. The van der Waals surface area contributed by atoms with Crippen LogP contribution in [-0.2, 0) is 23.3 Å². The van der Waals surface area contributed by atoms with Crippen LogP contribution in [0.25, 0.3) is 11.0 Å². The van der Waals surface area contributed by atoms with Crippen LogP contribution in [-0.4, -0.2) is 16.8 Å². The van der Waals surface area contributed by atoms with E-state index in [2.05, 4.69) is 5.32 Å². The van der Waals surface area contributed by atoms with Gasteiger partial charge in [-0.15, -0.1) is 0 Å². The Balaban J connectivity index is 1.61. The van der Waals surface area contributed by atoms with Gasteiger partial charge >= 0.3 is 11.7 Å². The van der Waals surface area contributed by atoms with Gasteiger partial charge in [0, 0.05) is 11.5 Å². The standard InChI is InChI=1S/C27H22N2O4/c1-2-18-13-14-22-19(16-24(30)33-23(22)15-18)17-29-25(31)27(28-26(29)32,20-9-5-3-6-10-20)21-11-7-4-8-12-21/h3-16H,2,17H2,1H3,(H,28,32). The van der Waals surface area contributed by atoms with E-state index in [0.29, 0.717) is 27.7 Å². The first-order valence-electron chi connectivity index (χ1n) is 10.8. The topological polar surface area (TPSA) is 79.6 Å². The summed E-state index contributed by atoms with van der Waals surface area (Å²) in [4.78, 5) is 40.5. The van der Waals surface area contributed by atoms with E-state index < -0.39 is 23.1 Å². The van der Waals surface area contributed by atoms with E-state index in [0.717, 1.165) is 12.0 Å². The Morgan fingerprint density at radius 1 is 0.848 bits per heavy atom. The molecule has 33 heavy (non-hydrogen) atoms. The predicted molar refractivity (Wildman–Crippen MR) is 125 cm³/mol. The molecule has 1 saturated heterocycles. The van der Waals surface area contributed by atoms with Crippen LogP contribution in [0.4, 0.5) is 4.79 Å². The summed E-state index contributed by atoms with van der Waals surface area (Å²) in [5.41, 5.74) is 1.51. The summed E-state index contributed by atoms with van der Waals surface area (Å²) in [7, 11) is 0. The van der Waals surface area contributed by atoms with E-state index in [9.17, 15) is 14.4 Å². The average Bonchev–Trinajstić information content (AvgIpc) is 3.10. The third kappa shape index (κ3) is 3.40. The number of benzene rings is 3. The van der Waals surface area contributed by atoms with Crippen molar-refractivity contribution in [2.24, 2.45) is 0 Å². The minimum atomic E-state index is -1.34. The van der Waals surface area contributed by atoms with Gasteiger partial charge in [0.15, 0.2) is 5.54 Å². The quantitative estimate of drug-likeness (QED) is 0.371. The molecule has 1 fully saturated rings. The number of carbonyl (C=O) groups excluding carboxylic acids is 2. The van der Waals surface area contributed by atoms with E-state index in [1.807, 2.05) is 85.8 Å². The van der Waals surface area contributed by atoms with Crippen molar-refractivity contribution in [1.82, 2.24) is 10.2 Å². The molecule has 0 atom stereocenters. The molecule has 1 aliphatic rings. The van der Waals surface area contributed by atoms with Gasteiger partial charge in [0.1, 0.15) is 5.58 Å². The average molecular weight is 438 g/mol. The number of hydrogen-bond acceptors (Lipinski definition) is 4. The van der Waals surface area contributed by atoms with Gasteiger partial charge in [-0.05, 0) is 34.7 Å². The van der Waals surface area contributed by atoms with Crippen molar-refractivity contribution in [1.29, 1.82) is 0 Å². The smallest absolute Gasteiger partial charge is 0.336 e. The highest BCUT2D eigenvalue weighted by Crippen LogP contribution is 2.37. The van der Waals surface area contributed by atoms with Gasteiger partial charge in [0.2, 0.25) is 0 Å². The number of aryl methyl sites for hydroxylation is 1. The van der Waals surface area contributed by atoms with Crippen LogP contribution in [0.5, 0.6) is 0 Å². The molecule has 0 aliphatic carbocycles. The zero-order valence-corrected chi connectivity index (χ0v) is 18.1. The Morgan fingerprint density at radius 3 is 2.09 bits per heavy atom. The summed E-state index contributed by atoms with van der Waals surface area (Å²) >= 11 is 0. The number of rotatable bonds is 5. The number of nitrogens with zero attached hydrogens (tertiary/aromatic N) is 1. The third-order valence-electron chi connectivity index (χ3n) is 6.15. The van der Waals surface area contributed by atoms with Crippen molar-refractivity contribution in [3.05, 3.63) is 118 Å². The number of fused-ring (bicyclic) bond motifs is 1. The number of carbonyl (C=O) groups is 2. The molecule has 5 rings (SSSR count). The molecular weight excluding hydrogens is 416 g/mol. The molecule has 3 amide bonds. The molecule has 4 aromatic rings. The van der Waals surface area contributed by atoms with Crippen LogP contribution in [0.1, 0.15) is 29.2 Å². The number of amides is 3. The second-order valence-corrected chi connectivity index (χ2v) is 8.08. The molecule has 0 spiro atoms.